The molecule has 1 aromatic heterocycles. The number of hydrogen-bond acceptors (Lipinski definition) is 4. The molecule has 1 amide bonds. The van der Waals surface area contributed by atoms with Crippen LogP contribution in [0.4, 0.5) is 10.5 Å². The number of amides is 1. The molecule has 1 aliphatic rings. The van der Waals surface area contributed by atoms with E-state index in [-0.39, 0.29) is 11.7 Å². The average molecular weight is 588 g/mol. The number of benzene rings is 3. The second-order valence-corrected chi connectivity index (χ2v) is 11.4. The molecule has 0 atom stereocenters. The van der Waals surface area contributed by atoms with Gasteiger partial charge in [-0.1, -0.05) is 66.3 Å². The molecule has 4 aromatic rings. The van der Waals surface area contributed by atoms with Gasteiger partial charge in [0.2, 0.25) is 0 Å². The summed E-state index contributed by atoms with van der Waals surface area (Å²) in [4.78, 5) is 28.2. The van der Waals surface area contributed by atoms with Gasteiger partial charge in [0.25, 0.3) is 0 Å². The molecule has 7 nitrogen and oxygen atoms in total. The number of aromatic carboxylic acids is 1. The van der Waals surface area contributed by atoms with Crippen LogP contribution in [-0.2, 0) is 11.3 Å². The Labute approximate surface area is 258 Å². The van der Waals surface area contributed by atoms with Crippen LogP contribution in [0.15, 0.2) is 96.7 Å². The molecular weight excluding hydrogens is 550 g/mol. The van der Waals surface area contributed by atoms with E-state index >= 15 is 0 Å². The highest BCUT2D eigenvalue weighted by Gasteiger charge is 2.13. The predicted molar refractivity (Wildman–Crippen MR) is 176 cm³/mol. The molecular formula is C37H37N3O4. The highest BCUT2D eigenvalue weighted by molar-refractivity contribution is 5.87. The molecule has 0 saturated heterocycles. The van der Waals surface area contributed by atoms with Crippen molar-refractivity contribution in [3.63, 3.8) is 0 Å². The fourth-order valence-corrected chi connectivity index (χ4v) is 5.21. The maximum Gasteiger partial charge on any atom is 0.411 e. The number of anilines is 1. The molecule has 44 heavy (non-hydrogen) atoms. The summed E-state index contributed by atoms with van der Waals surface area (Å²) in [5, 5.41) is 12.0. The lowest BCUT2D eigenvalue weighted by atomic mass is 9.93. The molecule has 0 bridgehead atoms. The Morgan fingerprint density at radius 2 is 1.73 bits per heavy atom. The van der Waals surface area contributed by atoms with Crippen LogP contribution in [0.3, 0.4) is 0 Å². The van der Waals surface area contributed by atoms with Gasteiger partial charge in [-0.05, 0) is 98.7 Å². The monoisotopic (exact) mass is 587 g/mol. The molecule has 5 rings (SSSR count). The van der Waals surface area contributed by atoms with E-state index in [1.807, 2.05) is 50.2 Å². The Bertz CT molecular complexity index is 1760. The van der Waals surface area contributed by atoms with Crippen LogP contribution in [0, 0.1) is 13.8 Å². The van der Waals surface area contributed by atoms with E-state index in [0.29, 0.717) is 12.2 Å². The van der Waals surface area contributed by atoms with E-state index in [9.17, 15) is 14.7 Å². The summed E-state index contributed by atoms with van der Waals surface area (Å²) in [5.74, 6) is -0.104. The van der Waals surface area contributed by atoms with E-state index in [1.54, 1.807) is 12.1 Å². The summed E-state index contributed by atoms with van der Waals surface area (Å²) in [7, 11) is 0. The third-order valence-corrected chi connectivity index (χ3v) is 7.49. The molecule has 2 N–H and O–H groups in total. The maximum atomic E-state index is 11.9. The summed E-state index contributed by atoms with van der Waals surface area (Å²) in [6.07, 6.45) is 11.7. The van der Waals surface area contributed by atoms with Gasteiger partial charge in [0.1, 0.15) is 5.82 Å². The number of aryl methyl sites for hydroxylation is 2. The minimum atomic E-state index is -0.935. The Kier molecular flexibility index (Phi) is 9.24. The van der Waals surface area contributed by atoms with Gasteiger partial charge in [0, 0.05) is 24.0 Å². The Hall–Kier alpha value is -5.17. The first-order chi connectivity index (χ1) is 21.1. The molecule has 0 radical (unpaired) electrons. The summed E-state index contributed by atoms with van der Waals surface area (Å²) in [6, 6.07) is 21.2. The molecule has 7 heteroatoms. The van der Waals surface area contributed by atoms with Crippen LogP contribution in [0.2, 0.25) is 0 Å². The molecule has 3 aromatic carbocycles. The SMILES string of the molecule is Cc1ccc(-c2cn(Cc3ccc(C(=O)O)cc3)c(/C=C/C3=CC=C(c4ccc(NC(=O)OC(C)C)cc4)CC3)n2)c(C)c1. The smallest absolute Gasteiger partial charge is 0.411 e. The van der Waals surface area contributed by atoms with Crippen LogP contribution in [0.1, 0.15) is 65.1 Å². The van der Waals surface area contributed by atoms with E-state index in [2.05, 4.69) is 72.4 Å². The molecule has 0 aliphatic heterocycles. The summed E-state index contributed by atoms with van der Waals surface area (Å²) in [6.45, 7) is 8.39. The van der Waals surface area contributed by atoms with Gasteiger partial charge < -0.3 is 14.4 Å². The van der Waals surface area contributed by atoms with Gasteiger partial charge in [0.15, 0.2) is 0 Å². The fraction of sp³-hybridized carbons (Fsp3) is 0.216. The molecule has 0 unspecified atom stereocenters. The molecule has 1 heterocycles. The number of nitrogens with zero attached hydrogens (tertiary/aromatic N) is 2. The number of imidazole rings is 1. The van der Waals surface area contributed by atoms with Gasteiger partial charge in [-0.25, -0.2) is 14.6 Å². The van der Waals surface area contributed by atoms with Crippen molar-refractivity contribution in [2.75, 3.05) is 5.32 Å². The van der Waals surface area contributed by atoms with Crippen molar-refractivity contribution in [1.82, 2.24) is 9.55 Å². The van der Waals surface area contributed by atoms with E-state index < -0.39 is 12.1 Å². The lowest BCUT2D eigenvalue weighted by Crippen LogP contribution is -2.17. The summed E-state index contributed by atoms with van der Waals surface area (Å²) in [5.41, 5.74) is 9.90. The van der Waals surface area contributed by atoms with Crippen molar-refractivity contribution in [3.8, 4) is 11.3 Å². The minimum Gasteiger partial charge on any atom is -0.478 e. The minimum absolute atomic E-state index is 0.172. The van der Waals surface area contributed by atoms with Gasteiger partial charge >= 0.3 is 12.1 Å². The fourth-order valence-electron chi connectivity index (χ4n) is 5.21. The number of carboxylic acid groups (broad SMARTS) is 1. The maximum absolute atomic E-state index is 11.9. The Morgan fingerprint density at radius 1 is 0.977 bits per heavy atom. The number of rotatable bonds is 9. The van der Waals surface area contributed by atoms with Crippen LogP contribution < -0.4 is 5.32 Å². The first kappa shape index (κ1) is 30.3. The number of allylic oxidation sites excluding steroid dienone is 5. The van der Waals surface area contributed by atoms with Gasteiger partial charge in [-0.15, -0.1) is 0 Å². The van der Waals surface area contributed by atoms with Crippen LogP contribution in [0.25, 0.3) is 22.9 Å². The number of carbonyl (C=O) groups is 2. The highest BCUT2D eigenvalue weighted by Crippen LogP contribution is 2.29. The van der Waals surface area contributed by atoms with Crippen LogP contribution in [0.5, 0.6) is 0 Å². The van der Waals surface area contributed by atoms with Crippen molar-refractivity contribution in [2.24, 2.45) is 0 Å². The second-order valence-electron chi connectivity index (χ2n) is 11.4. The van der Waals surface area contributed by atoms with Crippen molar-refractivity contribution in [2.45, 2.75) is 53.2 Å². The number of carbonyl (C=O) groups excluding carboxylic acids is 1. The molecule has 1 aliphatic carbocycles. The number of nitrogens with one attached hydrogen (secondary N) is 1. The van der Waals surface area contributed by atoms with E-state index in [1.165, 1.54) is 22.3 Å². The van der Waals surface area contributed by atoms with E-state index in [4.69, 9.17) is 9.72 Å². The molecule has 0 saturated carbocycles. The lowest BCUT2D eigenvalue weighted by Gasteiger charge is -2.14. The standard InChI is InChI=1S/C37H37N3O4/c1-24(2)44-37(43)38-32-17-15-30(16-18-32)29-11-6-27(7-12-29)10-20-35-39-34(33-19-5-25(3)21-26(33)4)23-40(35)22-28-8-13-31(14-9-28)36(41)42/h5-6,8-11,13-21,23-24H,7,12,22H2,1-4H3,(H,38,43)(H,41,42)/b20-10+. The number of carboxylic acids is 1. The predicted octanol–water partition coefficient (Wildman–Crippen LogP) is 8.69. The highest BCUT2D eigenvalue weighted by atomic mass is 16.6. The Balaban J connectivity index is 1.35. The average Bonchev–Trinajstić information content (AvgIpc) is 3.38. The number of aromatic nitrogens is 2. The van der Waals surface area contributed by atoms with E-state index in [0.717, 1.165) is 41.1 Å². The zero-order valence-corrected chi connectivity index (χ0v) is 25.5. The third-order valence-electron chi connectivity index (χ3n) is 7.49. The number of ether oxygens (including phenoxy) is 1. The van der Waals surface area contributed by atoms with Crippen molar-refractivity contribution in [3.05, 3.63) is 130 Å². The molecule has 0 spiro atoms. The first-order valence-electron chi connectivity index (χ1n) is 14.8. The normalized spacial score (nSPS) is 13.1. The van der Waals surface area contributed by atoms with Gasteiger partial charge in [-0.3, -0.25) is 5.32 Å². The largest absolute Gasteiger partial charge is 0.478 e. The van der Waals surface area contributed by atoms with Gasteiger partial charge in [-0.2, -0.15) is 0 Å². The second kappa shape index (κ2) is 13.4. The topological polar surface area (TPSA) is 93.5 Å². The zero-order chi connectivity index (χ0) is 31.2. The molecule has 0 fully saturated rings. The van der Waals surface area contributed by atoms with Crippen molar-refractivity contribution in [1.29, 1.82) is 0 Å². The molecule has 224 valence electrons. The zero-order valence-electron chi connectivity index (χ0n) is 25.5. The van der Waals surface area contributed by atoms with Crippen LogP contribution >= 0.6 is 0 Å². The van der Waals surface area contributed by atoms with Crippen molar-refractivity contribution < 1.29 is 19.4 Å². The Morgan fingerprint density at radius 3 is 2.36 bits per heavy atom. The first-order valence-corrected chi connectivity index (χ1v) is 14.8. The quantitative estimate of drug-likeness (QED) is 0.204. The van der Waals surface area contributed by atoms with Gasteiger partial charge in [0.05, 0.1) is 17.4 Å². The van der Waals surface area contributed by atoms with Crippen molar-refractivity contribution >= 4 is 29.4 Å². The number of hydrogen-bond donors (Lipinski definition) is 2. The third kappa shape index (κ3) is 7.61. The summed E-state index contributed by atoms with van der Waals surface area (Å²) >= 11 is 0. The summed E-state index contributed by atoms with van der Waals surface area (Å²) < 4.78 is 7.26. The van der Waals surface area contributed by atoms with Crippen LogP contribution in [-0.4, -0.2) is 32.8 Å². The lowest BCUT2D eigenvalue weighted by molar-refractivity contribution is 0.0696.